The number of carbonyl (C=O) groups is 2. The molecule has 1 aromatic carbocycles. The van der Waals surface area contributed by atoms with Gasteiger partial charge in [0.2, 0.25) is 5.91 Å². The topological polar surface area (TPSA) is 55.4 Å². The predicted octanol–water partition coefficient (Wildman–Crippen LogP) is 3.02. The Kier molecular flexibility index (Phi) is 4.53. The molecule has 0 saturated heterocycles. The van der Waals surface area contributed by atoms with Gasteiger partial charge in [-0.2, -0.15) is 0 Å². The quantitative estimate of drug-likeness (QED) is 0.880. The molecule has 20 heavy (non-hydrogen) atoms. The molecule has 2 rings (SSSR count). The highest BCUT2D eigenvalue weighted by Crippen LogP contribution is 2.28. The molecule has 1 aromatic heterocycles. The third-order valence-electron chi connectivity index (χ3n) is 2.72. The van der Waals surface area contributed by atoms with E-state index in [0.717, 1.165) is 10.4 Å². The number of esters is 1. The number of carbonyl (C=O) groups excluding carboxylic acids is 2. The van der Waals surface area contributed by atoms with Crippen molar-refractivity contribution in [2.75, 3.05) is 12.4 Å². The molecule has 104 valence electrons. The van der Waals surface area contributed by atoms with Crippen molar-refractivity contribution < 1.29 is 14.3 Å². The van der Waals surface area contributed by atoms with Gasteiger partial charge in [-0.25, -0.2) is 4.79 Å². The third-order valence-corrected chi connectivity index (χ3v) is 3.69. The van der Waals surface area contributed by atoms with E-state index in [-0.39, 0.29) is 12.3 Å². The monoisotopic (exact) mass is 289 g/mol. The summed E-state index contributed by atoms with van der Waals surface area (Å²) in [5.41, 5.74) is 1.33. The number of methoxy groups -OCH3 is 1. The molecule has 0 aliphatic rings. The van der Waals surface area contributed by atoms with Gasteiger partial charge in [-0.05, 0) is 18.6 Å². The van der Waals surface area contributed by atoms with Crippen LogP contribution in [-0.4, -0.2) is 19.0 Å². The van der Waals surface area contributed by atoms with Crippen molar-refractivity contribution in [2.45, 2.75) is 13.3 Å². The molecular weight excluding hydrogens is 274 g/mol. The number of amides is 1. The lowest BCUT2D eigenvalue weighted by atomic mass is 10.1. The minimum atomic E-state index is -0.440. The van der Waals surface area contributed by atoms with Crippen molar-refractivity contribution >= 4 is 28.2 Å². The van der Waals surface area contributed by atoms with Crippen LogP contribution in [0.1, 0.15) is 20.8 Å². The Balaban J connectivity index is 2.10. The number of aryl methyl sites for hydroxylation is 1. The second kappa shape index (κ2) is 6.34. The molecule has 5 heteroatoms. The second-order valence-corrected chi connectivity index (χ2v) is 5.56. The Labute approximate surface area is 121 Å². The van der Waals surface area contributed by atoms with Crippen LogP contribution in [-0.2, 0) is 16.0 Å². The van der Waals surface area contributed by atoms with Crippen LogP contribution in [0.4, 0.5) is 5.00 Å². The van der Waals surface area contributed by atoms with Crippen LogP contribution in [0.25, 0.3) is 0 Å². The maximum atomic E-state index is 12.0. The Hall–Kier alpha value is -2.14. The van der Waals surface area contributed by atoms with Gasteiger partial charge in [0.05, 0.1) is 19.1 Å². The van der Waals surface area contributed by atoms with Gasteiger partial charge < -0.3 is 10.1 Å². The van der Waals surface area contributed by atoms with Crippen molar-refractivity contribution in [2.24, 2.45) is 0 Å². The van der Waals surface area contributed by atoms with Crippen LogP contribution in [0.5, 0.6) is 0 Å². The fourth-order valence-corrected chi connectivity index (χ4v) is 2.74. The molecule has 0 bridgehead atoms. The third kappa shape index (κ3) is 3.45. The van der Waals surface area contributed by atoms with Crippen molar-refractivity contribution in [1.82, 2.24) is 0 Å². The summed E-state index contributed by atoms with van der Waals surface area (Å²) in [6.45, 7) is 1.88. The summed E-state index contributed by atoms with van der Waals surface area (Å²) in [5, 5.41) is 3.31. The second-order valence-electron chi connectivity index (χ2n) is 4.30. The Morgan fingerprint density at radius 3 is 2.60 bits per heavy atom. The average molecular weight is 289 g/mol. The molecule has 0 fully saturated rings. The van der Waals surface area contributed by atoms with E-state index in [1.807, 2.05) is 37.3 Å². The van der Waals surface area contributed by atoms with E-state index in [1.165, 1.54) is 18.4 Å². The van der Waals surface area contributed by atoms with Crippen LogP contribution in [0, 0.1) is 6.92 Å². The molecule has 0 spiro atoms. The van der Waals surface area contributed by atoms with E-state index in [1.54, 1.807) is 6.07 Å². The fourth-order valence-electron chi connectivity index (χ4n) is 1.82. The van der Waals surface area contributed by atoms with E-state index >= 15 is 0 Å². The summed E-state index contributed by atoms with van der Waals surface area (Å²) in [6, 6.07) is 11.2. The van der Waals surface area contributed by atoms with Gasteiger partial charge in [0.15, 0.2) is 0 Å². The molecule has 0 radical (unpaired) electrons. The van der Waals surface area contributed by atoms with Crippen LogP contribution < -0.4 is 5.32 Å². The molecule has 1 heterocycles. The first-order valence-corrected chi connectivity index (χ1v) is 6.94. The number of hydrogen-bond acceptors (Lipinski definition) is 4. The Bertz CT molecular complexity index is 619. The van der Waals surface area contributed by atoms with Gasteiger partial charge in [-0.1, -0.05) is 30.3 Å². The standard InChI is InChI=1S/C15H15NO3S/c1-10-8-12(15(18)19-2)14(20-10)16-13(17)9-11-6-4-3-5-7-11/h3-8H,9H2,1-2H3,(H,16,17). The number of ether oxygens (including phenoxy) is 1. The molecule has 0 atom stereocenters. The zero-order valence-corrected chi connectivity index (χ0v) is 12.1. The number of anilines is 1. The summed E-state index contributed by atoms with van der Waals surface area (Å²) in [5.74, 6) is -0.590. The maximum absolute atomic E-state index is 12.0. The van der Waals surface area contributed by atoms with E-state index in [0.29, 0.717) is 10.6 Å². The molecule has 1 N–H and O–H groups in total. The van der Waals surface area contributed by atoms with E-state index in [2.05, 4.69) is 5.32 Å². The SMILES string of the molecule is COC(=O)c1cc(C)sc1NC(=O)Cc1ccccc1. The number of hydrogen-bond donors (Lipinski definition) is 1. The lowest BCUT2D eigenvalue weighted by Gasteiger charge is -2.05. The normalized spacial score (nSPS) is 10.1. The van der Waals surface area contributed by atoms with Crippen LogP contribution >= 0.6 is 11.3 Å². The first-order chi connectivity index (χ1) is 9.60. The zero-order chi connectivity index (χ0) is 14.5. The lowest BCUT2D eigenvalue weighted by molar-refractivity contribution is -0.115. The number of rotatable bonds is 4. The minimum absolute atomic E-state index is 0.150. The summed E-state index contributed by atoms with van der Waals surface area (Å²) in [4.78, 5) is 24.6. The molecule has 0 unspecified atom stereocenters. The summed E-state index contributed by atoms with van der Waals surface area (Å²) in [6.07, 6.45) is 0.276. The van der Waals surface area contributed by atoms with Crippen LogP contribution in [0.15, 0.2) is 36.4 Å². The predicted molar refractivity (Wildman–Crippen MR) is 79.2 cm³/mol. The molecule has 1 amide bonds. The lowest BCUT2D eigenvalue weighted by Crippen LogP contribution is -2.15. The molecule has 0 aliphatic carbocycles. The summed E-state index contributed by atoms with van der Waals surface area (Å²) in [7, 11) is 1.32. The smallest absolute Gasteiger partial charge is 0.340 e. The zero-order valence-electron chi connectivity index (χ0n) is 11.3. The highest BCUT2D eigenvalue weighted by Gasteiger charge is 2.17. The van der Waals surface area contributed by atoms with Crippen LogP contribution in [0.2, 0.25) is 0 Å². The van der Waals surface area contributed by atoms with Crippen molar-refractivity contribution in [3.63, 3.8) is 0 Å². The average Bonchev–Trinajstić information content (AvgIpc) is 2.79. The van der Waals surface area contributed by atoms with E-state index < -0.39 is 5.97 Å². The Morgan fingerprint density at radius 1 is 1.25 bits per heavy atom. The summed E-state index contributed by atoms with van der Waals surface area (Å²) < 4.78 is 4.71. The van der Waals surface area contributed by atoms with Gasteiger partial charge in [0.1, 0.15) is 5.00 Å². The molecule has 2 aromatic rings. The summed E-state index contributed by atoms with van der Waals surface area (Å²) >= 11 is 1.36. The van der Waals surface area contributed by atoms with Gasteiger partial charge in [-0.3, -0.25) is 4.79 Å². The first-order valence-electron chi connectivity index (χ1n) is 6.12. The van der Waals surface area contributed by atoms with E-state index in [9.17, 15) is 9.59 Å². The van der Waals surface area contributed by atoms with Gasteiger partial charge in [0, 0.05) is 4.88 Å². The first kappa shape index (κ1) is 14.3. The Morgan fingerprint density at radius 2 is 1.95 bits per heavy atom. The molecule has 4 nitrogen and oxygen atoms in total. The van der Waals surface area contributed by atoms with Gasteiger partial charge >= 0.3 is 5.97 Å². The number of nitrogens with one attached hydrogen (secondary N) is 1. The van der Waals surface area contributed by atoms with Gasteiger partial charge in [-0.15, -0.1) is 11.3 Å². The molecule has 0 aliphatic heterocycles. The number of benzene rings is 1. The number of thiophene rings is 1. The minimum Gasteiger partial charge on any atom is -0.465 e. The molecular formula is C15H15NO3S. The van der Waals surface area contributed by atoms with Crippen molar-refractivity contribution in [1.29, 1.82) is 0 Å². The molecule has 0 saturated carbocycles. The van der Waals surface area contributed by atoms with Crippen LogP contribution in [0.3, 0.4) is 0 Å². The van der Waals surface area contributed by atoms with Crippen molar-refractivity contribution in [3.05, 3.63) is 52.4 Å². The maximum Gasteiger partial charge on any atom is 0.340 e. The highest BCUT2D eigenvalue weighted by molar-refractivity contribution is 7.16. The largest absolute Gasteiger partial charge is 0.465 e. The van der Waals surface area contributed by atoms with E-state index in [4.69, 9.17) is 4.74 Å². The van der Waals surface area contributed by atoms with Crippen molar-refractivity contribution in [3.8, 4) is 0 Å². The fraction of sp³-hybridized carbons (Fsp3) is 0.200. The highest BCUT2D eigenvalue weighted by atomic mass is 32.1. The van der Waals surface area contributed by atoms with Gasteiger partial charge in [0.25, 0.3) is 0 Å².